The van der Waals surface area contributed by atoms with Crippen molar-refractivity contribution in [2.75, 3.05) is 13.2 Å². The Morgan fingerprint density at radius 2 is 1.79 bits per heavy atom. The third-order valence-electron chi connectivity index (χ3n) is 1.45. The Labute approximate surface area is 90.7 Å². The van der Waals surface area contributed by atoms with Crippen molar-refractivity contribution in [3.05, 3.63) is 0 Å². The summed E-state index contributed by atoms with van der Waals surface area (Å²) in [5.74, 6) is 0.0946. The van der Waals surface area contributed by atoms with Gasteiger partial charge >= 0.3 is 5.97 Å². The van der Waals surface area contributed by atoms with E-state index in [1.54, 1.807) is 13.8 Å². The molecular formula is C10H19ClO3. The van der Waals surface area contributed by atoms with Crippen molar-refractivity contribution in [1.29, 1.82) is 0 Å². The molecule has 0 amide bonds. The summed E-state index contributed by atoms with van der Waals surface area (Å²) in [6, 6.07) is 0. The van der Waals surface area contributed by atoms with Gasteiger partial charge in [-0.1, -0.05) is 13.8 Å². The Morgan fingerprint density at radius 1 is 1.21 bits per heavy atom. The lowest BCUT2D eigenvalue weighted by Gasteiger charge is -2.15. The average molecular weight is 223 g/mol. The predicted molar refractivity (Wildman–Crippen MR) is 56.5 cm³/mol. The van der Waals surface area contributed by atoms with Gasteiger partial charge in [0.15, 0.2) is 0 Å². The Bertz CT molecular complexity index is 169. The number of carbonyl (C=O) groups is 1. The van der Waals surface area contributed by atoms with E-state index in [2.05, 4.69) is 13.8 Å². The van der Waals surface area contributed by atoms with Crippen molar-refractivity contribution in [1.82, 2.24) is 0 Å². The zero-order valence-corrected chi connectivity index (χ0v) is 10.0. The SMILES string of the molecule is CC(C)COCC(C)OC(=O)C(C)Cl. The Kier molecular flexibility index (Phi) is 6.93. The summed E-state index contributed by atoms with van der Waals surface area (Å²) < 4.78 is 10.3. The highest BCUT2D eigenvalue weighted by Gasteiger charge is 2.14. The number of ether oxygens (including phenoxy) is 2. The second-order valence-corrected chi connectivity index (χ2v) is 4.45. The van der Waals surface area contributed by atoms with Gasteiger partial charge in [-0.05, 0) is 19.8 Å². The van der Waals surface area contributed by atoms with Gasteiger partial charge in [-0.2, -0.15) is 0 Å². The molecule has 0 aliphatic carbocycles. The van der Waals surface area contributed by atoms with E-state index in [0.717, 1.165) is 0 Å². The van der Waals surface area contributed by atoms with E-state index in [1.165, 1.54) is 0 Å². The van der Waals surface area contributed by atoms with E-state index in [0.29, 0.717) is 19.1 Å². The van der Waals surface area contributed by atoms with E-state index in [1.807, 2.05) is 0 Å². The van der Waals surface area contributed by atoms with Crippen LogP contribution in [0.5, 0.6) is 0 Å². The maximum Gasteiger partial charge on any atom is 0.324 e. The van der Waals surface area contributed by atoms with Crippen LogP contribution < -0.4 is 0 Å². The molecule has 14 heavy (non-hydrogen) atoms. The number of hydrogen-bond acceptors (Lipinski definition) is 3. The molecule has 0 saturated carbocycles. The van der Waals surface area contributed by atoms with E-state index < -0.39 is 11.3 Å². The molecule has 0 aromatic carbocycles. The van der Waals surface area contributed by atoms with Gasteiger partial charge in [0.2, 0.25) is 0 Å². The van der Waals surface area contributed by atoms with Gasteiger partial charge < -0.3 is 9.47 Å². The minimum atomic E-state index is -0.595. The number of carbonyl (C=O) groups excluding carboxylic acids is 1. The lowest BCUT2D eigenvalue weighted by Crippen LogP contribution is -2.25. The molecule has 0 aliphatic heterocycles. The number of rotatable bonds is 6. The average Bonchev–Trinajstić information content (AvgIpc) is 2.02. The second-order valence-electron chi connectivity index (χ2n) is 3.79. The molecule has 0 rings (SSSR count). The van der Waals surface area contributed by atoms with Crippen LogP contribution in [0.4, 0.5) is 0 Å². The van der Waals surface area contributed by atoms with Crippen molar-refractivity contribution in [3.8, 4) is 0 Å². The highest BCUT2D eigenvalue weighted by Crippen LogP contribution is 2.02. The molecular weight excluding hydrogens is 204 g/mol. The maximum absolute atomic E-state index is 11.0. The molecule has 0 saturated heterocycles. The van der Waals surface area contributed by atoms with Crippen LogP contribution in [0.2, 0.25) is 0 Å². The molecule has 0 aliphatic rings. The summed E-state index contributed by atoms with van der Waals surface area (Å²) in [5.41, 5.74) is 0. The molecule has 4 heteroatoms. The summed E-state index contributed by atoms with van der Waals surface area (Å²) in [5, 5.41) is -0.595. The fourth-order valence-corrected chi connectivity index (χ4v) is 0.847. The van der Waals surface area contributed by atoms with Crippen LogP contribution in [-0.4, -0.2) is 30.7 Å². The predicted octanol–water partition coefficient (Wildman–Crippen LogP) is 2.22. The normalized spacial score (nSPS) is 15.3. The summed E-state index contributed by atoms with van der Waals surface area (Å²) in [6.45, 7) is 8.62. The fraction of sp³-hybridized carbons (Fsp3) is 0.900. The van der Waals surface area contributed by atoms with Crippen molar-refractivity contribution in [2.24, 2.45) is 5.92 Å². The summed E-state index contributed by atoms with van der Waals surface area (Å²) >= 11 is 5.54. The molecule has 0 spiro atoms. The fourth-order valence-electron chi connectivity index (χ4n) is 0.796. The molecule has 0 radical (unpaired) electrons. The third-order valence-corrected chi connectivity index (χ3v) is 1.62. The number of esters is 1. The molecule has 0 aromatic rings. The van der Waals surface area contributed by atoms with Gasteiger partial charge in [-0.25, -0.2) is 0 Å². The summed E-state index contributed by atoms with van der Waals surface area (Å²) in [7, 11) is 0. The number of halogens is 1. The van der Waals surface area contributed by atoms with E-state index in [9.17, 15) is 4.79 Å². The Hall–Kier alpha value is -0.280. The first-order chi connectivity index (χ1) is 6.43. The number of alkyl halides is 1. The maximum atomic E-state index is 11.0. The summed E-state index contributed by atoms with van der Waals surface area (Å²) in [4.78, 5) is 11.0. The third kappa shape index (κ3) is 7.15. The van der Waals surface area contributed by atoms with Gasteiger partial charge in [0.05, 0.1) is 6.61 Å². The molecule has 3 nitrogen and oxygen atoms in total. The second kappa shape index (κ2) is 7.07. The van der Waals surface area contributed by atoms with E-state index in [4.69, 9.17) is 21.1 Å². The topological polar surface area (TPSA) is 35.5 Å². The molecule has 0 fully saturated rings. The first kappa shape index (κ1) is 13.7. The van der Waals surface area contributed by atoms with Crippen LogP contribution in [0.15, 0.2) is 0 Å². The first-order valence-corrected chi connectivity index (χ1v) is 5.29. The largest absolute Gasteiger partial charge is 0.459 e. The minimum Gasteiger partial charge on any atom is -0.459 e. The molecule has 0 heterocycles. The molecule has 0 aromatic heterocycles. The van der Waals surface area contributed by atoms with Crippen LogP contribution >= 0.6 is 11.6 Å². The standard InChI is InChI=1S/C10H19ClO3/c1-7(2)5-13-6-8(3)14-10(12)9(4)11/h7-9H,5-6H2,1-4H3. The van der Waals surface area contributed by atoms with Gasteiger partial charge in [-0.3, -0.25) is 4.79 Å². The van der Waals surface area contributed by atoms with Crippen molar-refractivity contribution < 1.29 is 14.3 Å². The lowest BCUT2D eigenvalue weighted by molar-refractivity contribution is -0.150. The van der Waals surface area contributed by atoms with Crippen molar-refractivity contribution in [3.63, 3.8) is 0 Å². The zero-order chi connectivity index (χ0) is 11.1. The van der Waals surface area contributed by atoms with Crippen LogP contribution in [0.25, 0.3) is 0 Å². The van der Waals surface area contributed by atoms with Crippen molar-refractivity contribution in [2.45, 2.75) is 39.2 Å². The molecule has 2 unspecified atom stereocenters. The van der Waals surface area contributed by atoms with Gasteiger partial charge in [0.1, 0.15) is 11.5 Å². The molecule has 0 N–H and O–H groups in total. The van der Waals surface area contributed by atoms with E-state index in [-0.39, 0.29) is 6.10 Å². The first-order valence-electron chi connectivity index (χ1n) is 4.85. The monoisotopic (exact) mass is 222 g/mol. The summed E-state index contributed by atoms with van der Waals surface area (Å²) in [6.07, 6.45) is -0.234. The smallest absolute Gasteiger partial charge is 0.324 e. The van der Waals surface area contributed by atoms with E-state index >= 15 is 0 Å². The van der Waals surface area contributed by atoms with Crippen LogP contribution in [0.3, 0.4) is 0 Å². The van der Waals surface area contributed by atoms with Crippen molar-refractivity contribution >= 4 is 17.6 Å². The highest BCUT2D eigenvalue weighted by atomic mass is 35.5. The van der Waals surface area contributed by atoms with Gasteiger partial charge in [-0.15, -0.1) is 11.6 Å². The Morgan fingerprint density at radius 3 is 2.21 bits per heavy atom. The Balaban J connectivity index is 3.55. The van der Waals surface area contributed by atoms with Gasteiger partial charge in [0, 0.05) is 6.61 Å². The highest BCUT2D eigenvalue weighted by molar-refractivity contribution is 6.29. The molecule has 84 valence electrons. The molecule has 0 bridgehead atoms. The van der Waals surface area contributed by atoms with Crippen LogP contribution in [0.1, 0.15) is 27.7 Å². The van der Waals surface area contributed by atoms with Crippen LogP contribution in [-0.2, 0) is 14.3 Å². The van der Waals surface area contributed by atoms with Crippen LogP contribution in [0, 0.1) is 5.92 Å². The van der Waals surface area contributed by atoms with Gasteiger partial charge in [0.25, 0.3) is 0 Å². The quantitative estimate of drug-likeness (QED) is 0.511. The minimum absolute atomic E-state index is 0.234. The number of hydrogen-bond donors (Lipinski definition) is 0. The zero-order valence-electron chi connectivity index (χ0n) is 9.25. The lowest BCUT2D eigenvalue weighted by atomic mass is 10.2. The molecule has 2 atom stereocenters.